The molecule has 0 bridgehead atoms. The first-order chi connectivity index (χ1) is 27.7. The van der Waals surface area contributed by atoms with E-state index in [0.29, 0.717) is 71.5 Å². The Balaban J connectivity index is 0.845. The van der Waals surface area contributed by atoms with Crippen LogP contribution in [0.4, 0.5) is 26.1 Å². The molecule has 2 aromatic heterocycles. The molecule has 300 valence electrons. The largest absolute Gasteiger partial charge is 0.364 e. The number of imide groups is 1. The number of carbonyl (C=O) groups is 2. The summed E-state index contributed by atoms with van der Waals surface area (Å²) in [7, 11) is 0. The molecule has 0 saturated carbocycles. The van der Waals surface area contributed by atoms with Crippen molar-refractivity contribution < 1.29 is 18.4 Å². The van der Waals surface area contributed by atoms with Gasteiger partial charge in [0, 0.05) is 81.3 Å². The quantitative estimate of drug-likeness (QED) is 0.164. The minimum Gasteiger partial charge on any atom is -0.364 e. The number of benzene rings is 3. The molecule has 3 aromatic carbocycles. The van der Waals surface area contributed by atoms with Crippen LogP contribution >= 0.6 is 11.6 Å². The number of anilines is 3. The van der Waals surface area contributed by atoms with E-state index in [4.69, 9.17) is 21.6 Å². The van der Waals surface area contributed by atoms with Crippen LogP contribution in [0.25, 0.3) is 16.6 Å². The van der Waals surface area contributed by atoms with Crippen LogP contribution in [-0.4, -0.2) is 74.5 Å². The Kier molecular flexibility index (Phi) is 9.39. The Morgan fingerprint density at radius 3 is 2.22 bits per heavy atom. The van der Waals surface area contributed by atoms with Crippen LogP contribution in [0, 0.1) is 11.6 Å². The molecule has 6 heterocycles. The van der Waals surface area contributed by atoms with Crippen molar-refractivity contribution in [2.75, 3.05) is 47.4 Å². The Morgan fingerprint density at radius 1 is 0.862 bits per heavy atom. The maximum Gasteiger partial charge on any atom is 0.282 e. The van der Waals surface area contributed by atoms with Gasteiger partial charge in [0.2, 0.25) is 17.8 Å². The molecule has 58 heavy (non-hydrogen) atoms. The molecule has 3 fully saturated rings. The number of halogens is 3. The van der Waals surface area contributed by atoms with E-state index in [0.717, 1.165) is 47.7 Å². The van der Waals surface area contributed by atoms with Crippen molar-refractivity contribution in [3.05, 3.63) is 110 Å². The smallest absolute Gasteiger partial charge is 0.282 e. The fraction of sp³-hybridized carbons (Fsp3) is 0.409. The highest BCUT2D eigenvalue weighted by Gasteiger charge is 2.41. The van der Waals surface area contributed by atoms with Gasteiger partial charge in [0.05, 0.1) is 27.0 Å². The highest BCUT2D eigenvalue weighted by molar-refractivity contribution is 6.35. The zero-order valence-electron chi connectivity index (χ0n) is 33.1. The molecule has 3 saturated heterocycles. The number of amides is 2. The van der Waals surface area contributed by atoms with Crippen molar-refractivity contribution >= 4 is 51.6 Å². The van der Waals surface area contributed by atoms with Crippen LogP contribution < -0.4 is 20.3 Å². The summed E-state index contributed by atoms with van der Waals surface area (Å²) in [6.07, 6.45) is 5.65. The number of carbonyl (C=O) groups excluding carboxylic acids is 2. The monoisotopic (exact) mass is 806 g/mol. The molecule has 14 heteroatoms. The van der Waals surface area contributed by atoms with Gasteiger partial charge in [0.15, 0.2) is 11.6 Å². The Bertz CT molecular complexity index is 2510. The molecule has 0 unspecified atom stereocenters. The molecule has 0 radical (unpaired) electrons. The second kappa shape index (κ2) is 14.2. The fourth-order valence-corrected chi connectivity index (χ4v) is 9.83. The van der Waals surface area contributed by atoms with Gasteiger partial charge in [0.1, 0.15) is 11.5 Å². The van der Waals surface area contributed by atoms with E-state index in [1.165, 1.54) is 12.1 Å². The van der Waals surface area contributed by atoms with E-state index in [1.54, 1.807) is 6.07 Å². The zero-order chi connectivity index (χ0) is 40.7. The number of hydrogen-bond acceptors (Lipinski definition) is 9. The zero-order valence-corrected chi connectivity index (χ0v) is 33.8. The van der Waals surface area contributed by atoms with E-state index in [-0.39, 0.29) is 29.9 Å². The fourth-order valence-electron chi connectivity index (χ4n) is 9.58. The van der Waals surface area contributed by atoms with Gasteiger partial charge in [-0.05, 0) is 100 Å². The molecule has 11 nitrogen and oxygen atoms in total. The number of nitrogens with zero attached hydrogens (tertiary/aromatic N) is 8. The Morgan fingerprint density at radius 2 is 1.55 bits per heavy atom. The average molecular weight is 807 g/mol. The third kappa shape index (κ3) is 6.43. The molecule has 0 aliphatic carbocycles. The third-order valence-corrected chi connectivity index (χ3v) is 12.8. The molecular weight excluding hydrogens is 762 g/mol. The second-order valence-electron chi connectivity index (χ2n) is 17.2. The van der Waals surface area contributed by atoms with Gasteiger partial charge < -0.3 is 9.80 Å². The molecule has 5 aromatic rings. The Hall–Kier alpha value is -5.27. The van der Waals surface area contributed by atoms with Crippen LogP contribution in [0.3, 0.4) is 0 Å². The van der Waals surface area contributed by atoms with Crippen molar-refractivity contribution in [2.45, 2.75) is 83.2 Å². The topological polar surface area (TPSA) is 108 Å². The normalized spacial score (nSPS) is 19.5. The van der Waals surface area contributed by atoms with Gasteiger partial charge in [-0.15, -0.1) is 0 Å². The number of fused-ring (bicyclic) bond motifs is 5. The SMILES string of the molecule is CC1(C)c2ccc(N3CCN(Cc4cnc(N5CCC(c6cc(F)c(N7C(=O)CCCC7=O)c(F)c6)CC5)nc4)CC3(C)C)cc2-n2c1nc(=O)c1c(Cl)cccc12. The van der Waals surface area contributed by atoms with Gasteiger partial charge >= 0.3 is 0 Å². The summed E-state index contributed by atoms with van der Waals surface area (Å²) in [6.45, 7) is 13.2. The maximum absolute atomic E-state index is 15.2. The lowest BCUT2D eigenvalue weighted by Crippen LogP contribution is -2.59. The molecule has 4 aliphatic heterocycles. The van der Waals surface area contributed by atoms with Crippen molar-refractivity contribution in [1.82, 2.24) is 24.4 Å². The minimum absolute atomic E-state index is 0.0791. The summed E-state index contributed by atoms with van der Waals surface area (Å²) in [5, 5.41) is 0.830. The number of rotatable bonds is 6. The molecule has 9 rings (SSSR count). The van der Waals surface area contributed by atoms with Crippen molar-refractivity contribution in [2.24, 2.45) is 0 Å². The predicted molar refractivity (Wildman–Crippen MR) is 220 cm³/mol. The highest BCUT2D eigenvalue weighted by Crippen LogP contribution is 2.45. The van der Waals surface area contributed by atoms with E-state index in [9.17, 15) is 14.4 Å². The van der Waals surface area contributed by atoms with Gasteiger partial charge in [0.25, 0.3) is 5.56 Å². The van der Waals surface area contributed by atoms with Crippen molar-refractivity contribution in [3.63, 3.8) is 0 Å². The summed E-state index contributed by atoms with van der Waals surface area (Å²) < 4.78 is 32.5. The molecule has 0 atom stereocenters. The highest BCUT2D eigenvalue weighted by atomic mass is 35.5. The van der Waals surface area contributed by atoms with E-state index < -0.39 is 34.6 Å². The van der Waals surface area contributed by atoms with Gasteiger partial charge in [-0.1, -0.05) is 23.7 Å². The Labute approximate surface area is 340 Å². The standard InChI is InChI=1S/C44H45ClF2N8O3/c1-43(2)25-51(17-18-53(43)29-11-12-30-35(21-29)54-34-8-5-7-31(45)38(34)40(58)50-41(54)44(30,3)4)24-26-22-48-42(49-23-26)52-15-13-27(14-16-52)28-19-32(46)39(33(47)20-28)55-36(56)9-6-10-37(55)57/h5,7-8,11-12,19-23,27H,6,9-10,13-18,24-25H2,1-4H3. The van der Waals surface area contributed by atoms with Crippen molar-refractivity contribution in [3.8, 4) is 5.69 Å². The van der Waals surface area contributed by atoms with Crippen molar-refractivity contribution in [1.29, 1.82) is 0 Å². The predicted octanol–water partition coefficient (Wildman–Crippen LogP) is 7.27. The lowest BCUT2D eigenvalue weighted by molar-refractivity contribution is -0.129. The molecule has 4 aliphatic rings. The summed E-state index contributed by atoms with van der Waals surface area (Å²) in [6, 6.07) is 14.7. The second-order valence-corrected chi connectivity index (χ2v) is 17.6. The van der Waals surface area contributed by atoms with Gasteiger partial charge in [-0.25, -0.2) is 23.6 Å². The molecule has 2 amide bonds. The van der Waals surface area contributed by atoms with Gasteiger partial charge in [-0.3, -0.25) is 23.9 Å². The van der Waals surface area contributed by atoms with Crippen LogP contribution in [-0.2, 0) is 21.5 Å². The molecule has 0 N–H and O–H groups in total. The van der Waals surface area contributed by atoms with Crippen LogP contribution in [0.5, 0.6) is 0 Å². The number of piperidine rings is 2. The first-order valence-corrected chi connectivity index (χ1v) is 20.4. The average Bonchev–Trinajstić information content (AvgIpc) is 3.40. The van der Waals surface area contributed by atoms with E-state index in [1.807, 2.05) is 24.5 Å². The lowest BCUT2D eigenvalue weighted by atomic mass is 9.85. The number of hydrogen-bond donors (Lipinski definition) is 0. The molecular formula is C44H45ClF2N8O3. The molecule has 0 spiro atoms. The number of piperazine rings is 1. The summed E-state index contributed by atoms with van der Waals surface area (Å²) in [5.41, 5.74) is 4.00. The van der Waals surface area contributed by atoms with E-state index in [2.05, 4.69) is 70.1 Å². The minimum atomic E-state index is -0.888. The third-order valence-electron chi connectivity index (χ3n) is 12.5. The summed E-state index contributed by atoms with van der Waals surface area (Å²) >= 11 is 6.52. The lowest BCUT2D eigenvalue weighted by Gasteiger charge is -2.48. The summed E-state index contributed by atoms with van der Waals surface area (Å²) in [4.78, 5) is 59.4. The first kappa shape index (κ1) is 38.3. The van der Waals surface area contributed by atoms with Crippen LogP contribution in [0.2, 0.25) is 5.02 Å². The number of aromatic nitrogens is 4. The first-order valence-electron chi connectivity index (χ1n) is 20.0. The van der Waals surface area contributed by atoms with Gasteiger partial charge in [-0.2, -0.15) is 4.98 Å². The van der Waals surface area contributed by atoms with Crippen LogP contribution in [0.1, 0.15) is 88.2 Å². The van der Waals surface area contributed by atoms with E-state index >= 15 is 8.78 Å². The summed E-state index contributed by atoms with van der Waals surface area (Å²) in [5.74, 6) is -1.67. The van der Waals surface area contributed by atoms with Crippen LogP contribution in [0.15, 0.2) is 65.7 Å². The maximum atomic E-state index is 15.2.